The fourth-order valence-corrected chi connectivity index (χ4v) is 2.39. The van der Waals surface area contributed by atoms with Crippen molar-refractivity contribution in [3.8, 4) is 11.5 Å². The number of nitrogens with one attached hydrogen (secondary N) is 1. The highest BCUT2D eigenvalue weighted by Crippen LogP contribution is 2.26. The third kappa shape index (κ3) is 4.32. The lowest BCUT2D eigenvalue weighted by molar-refractivity contribution is -0.545. The molecule has 2 rings (SSSR count). The van der Waals surface area contributed by atoms with Gasteiger partial charge in [0, 0.05) is 17.6 Å². The standard InChI is InChI=1S/C16H17N3O3S/c1-21-13-8-7-11(9-14(13)22-2)10-18-19-16(17)12-5-3-4-6-15(12)23-20/h3-10,20H,1-2H3,(H2,17,19)/p+1/b18-10+. The van der Waals surface area contributed by atoms with Crippen LogP contribution in [0.2, 0.25) is 0 Å². The molecule has 120 valence electrons. The molecule has 0 atom stereocenters. The molecule has 0 unspecified atom stereocenters. The molecule has 0 aliphatic heterocycles. The number of methoxy groups -OCH3 is 2. The molecule has 0 saturated carbocycles. The number of quaternary nitrogens is 1. The molecule has 6 nitrogen and oxygen atoms in total. The number of rotatable bonds is 6. The van der Waals surface area contributed by atoms with Crippen molar-refractivity contribution in [2.24, 2.45) is 5.10 Å². The first-order valence-corrected chi connectivity index (χ1v) is 7.54. The molecule has 0 aromatic heterocycles. The van der Waals surface area contributed by atoms with Crippen LogP contribution in [0, 0.1) is 5.41 Å². The average molecular weight is 332 g/mol. The summed E-state index contributed by atoms with van der Waals surface area (Å²) >= 11 is 0.619. The Bertz CT molecular complexity index is 719. The number of hydrogen-bond donors (Lipinski definition) is 3. The molecule has 2 aromatic carbocycles. The van der Waals surface area contributed by atoms with Crippen molar-refractivity contribution in [1.82, 2.24) is 0 Å². The summed E-state index contributed by atoms with van der Waals surface area (Å²) in [6, 6.07) is 12.6. The van der Waals surface area contributed by atoms with Crippen molar-refractivity contribution in [3.05, 3.63) is 53.6 Å². The lowest BCUT2D eigenvalue weighted by atomic mass is 10.2. The minimum Gasteiger partial charge on any atom is -0.493 e. The summed E-state index contributed by atoms with van der Waals surface area (Å²) in [5.74, 6) is 1.49. The van der Waals surface area contributed by atoms with E-state index in [2.05, 4.69) is 5.10 Å². The van der Waals surface area contributed by atoms with Gasteiger partial charge in [-0.2, -0.15) is 5.43 Å². The molecule has 0 fully saturated rings. The van der Waals surface area contributed by atoms with Crippen LogP contribution < -0.4 is 14.9 Å². The molecule has 2 aromatic rings. The highest BCUT2D eigenvalue weighted by Gasteiger charge is 2.10. The van der Waals surface area contributed by atoms with Crippen LogP contribution in [0.1, 0.15) is 11.1 Å². The normalized spacial score (nSPS) is 10.7. The van der Waals surface area contributed by atoms with Crippen LogP contribution in [0.15, 0.2) is 52.5 Å². The van der Waals surface area contributed by atoms with E-state index in [1.54, 1.807) is 44.7 Å². The van der Waals surface area contributed by atoms with Crippen LogP contribution >= 0.6 is 12.0 Å². The van der Waals surface area contributed by atoms with E-state index in [-0.39, 0.29) is 5.84 Å². The van der Waals surface area contributed by atoms with Crippen molar-refractivity contribution in [2.45, 2.75) is 4.90 Å². The van der Waals surface area contributed by atoms with Crippen LogP contribution in [-0.2, 0) is 0 Å². The van der Waals surface area contributed by atoms with Crippen LogP contribution in [-0.4, -0.2) is 30.8 Å². The second-order valence-corrected chi connectivity index (χ2v) is 5.15. The minimum atomic E-state index is 0.221. The number of nitrogen functional groups attached to an aromatic ring is 1. The lowest BCUT2D eigenvalue weighted by Crippen LogP contribution is -2.82. The molecule has 0 heterocycles. The van der Waals surface area contributed by atoms with E-state index in [9.17, 15) is 4.55 Å². The smallest absolute Gasteiger partial charge is 0.252 e. The Labute approximate surface area is 138 Å². The summed E-state index contributed by atoms with van der Waals surface area (Å²) < 4.78 is 19.6. The molecule has 0 spiro atoms. The predicted octanol–water partition coefficient (Wildman–Crippen LogP) is 2.19. The Morgan fingerprint density at radius 2 is 1.91 bits per heavy atom. The van der Waals surface area contributed by atoms with Crippen molar-refractivity contribution >= 4 is 24.1 Å². The van der Waals surface area contributed by atoms with Gasteiger partial charge in [0.15, 0.2) is 11.5 Å². The predicted molar refractivity (Wildman–Crippen MR) is 90.8 cm³/mol. The molecule has 0 amide bonds. The number of benzene rings is 2. The number of amidine groups is 1. The van der Waals surface area contributed by atoms with Crippen LogP contribution in [0.4, 0.5) is 0 Å². The molecule has 0 bridgehead atoms. The topological polar surface area (TPSA) is 91.5 Å². The first-order chi connectivity index (χ1) is 11.2. The molecule has 0 aliphatic carbocycles. The zero-order chi connectivity index (χ0) is 16.7. The maximum atomic E-state index is 9.22. The summed E-state index contributed by atoms with van der Waals surface area (Å²) in [6.07, 6.45) is 1.63. The Kier molecular flexibility index (Phi) is 6.16. The van der Waals surface area contributed by atoms with Crippen LogP contribution in [0.25, 0.3) is 0 Å². The quantitative estimate of drug-likeness (QED) is 0.249. The fraction of sp³-hybridized carbons (Fsp3) is 0.125. The van der Waals surface area contributed by atoms with E-state index in [1.807, 2.05) is 18.2 Å². The molecule has 0 aliphatic rings. The van der Waals surface area contributed by atoms with Crippen LogP contribution in [0.5, 0.6) is 11.5 Å². The Balaban J connectivity index is 2.08. The van der Waals surface area contributed by atoms with E-state index in [0.29, 0.717) is 34.0 Å². The second-order valence-electron chi connectivity index (χ2n) is 4.52. The Morgan fingerprint density at radius 1 is 1.17 bits per heavy atom. The summed E-state index contributed by atoms with van der Waals surface area (Å²) in [7, 11) is 3.15. The van der Waals surface area contributed by atoms with Gasteiger partial charge in [-0.3, -0.25) is 0 Å². The fourth-order valence-electron chi connectivity index (χ4n) is 1.97. The van der Waals surface area contributed by atoms with Gasteiger partial charge in [-0.15, -0.1) is 0 Å². The van der Waals surface area contributed by atoms with Crippen molar-refractivity contribution < 1.29 is 19.5 Å². The Morgan fingerprint density at radius 3 is 2.61 bits per heavy atom. The van der Waals surface area contributed by atoms with Gasteiger partial charge in [-0.05, 0) is 30.3 Å². The molecule has 0 radical (unpaired) electrons. The zero-order valence-corrected chi connectivity index (χ0v) is 13.6. The summed E-state index contributed by atoms with van der Waals surface area (Å²) in [5, 5.41) is 12.2. The average Bonchev–Trinajstić information content (AvgIpc) is 2.61. The third-order valence-electron chi connectivity index (χ3n) is 3.11. The number of ether oxygens (including phenoxy) is 2. The highest BCUT2D eigenvalue weighted by atomic mass is 32.2. The SMILES string of the molecule is COc1ccc(/C=N/[NH2+]C(=N)c2ccccc2SO)cc1OC. The third-order valence-corrected chi connectivity index (χ3v) is 3.66. The van der Waals surface area contributed by atoms with Gasteiger partial charge >= 0.3 is 0 Å². The monoisotopic (exact) mass is 332 g/mol. The van der Waals surface area contributed by atoms with Crippen molar-refractivity contribution in [3.63, 3.8) is 0 Å². The zero-order valence-electron chi connectivity index (χ0n) is 12.8. The first kappa shape index (κ1) is 17.0. The van der Waals surface area contributed by atoms with E-state index >= 15 is 0 Å². The minimum absolute atomic E-state index is 0.221. The van der Waals surface area contributed by atoms with E-state index in [0.717, 1.165) is 5.56 Å². The van der Waals surface area contributed by atoms with Gasteiger partial charge in [0.25, 0.3) is 5.84 Å². The maximum absolute atomic E-state index is 9.22. The number of nitrogens with zero attached hydrogens (tertiary/aromatic N) is 1. The van der Waals surface area contributed by atoms with E-state index in [4.69, 9.17) is 14.9 Å². The van der Waals surface area contributed by atoms with Gasteiger partial charge in [0.1, 0.15) is 0 Å². The van der Waals surface area contributed by atoms with E-state index < -0.39 is 0 Å². The summed E-state index contributed by atoms with van der Waals surface area (Å²) in [6.45, 7) is 0. The Hall–Kier alpha value is -2.35. The molecule has 23 heavy (non-hydrogen) atoms. The van der Waals surface area contributed by atoms with Crippen molar-refractivity contribution in [1.29, 1.82) is 5.41 Å². The molecule has 7 heteroatoms. The number of nitrogens with two attached hydrogens (primary N) is 1. The van der Waals surface area contributed by atoms with Crippen LogP contribution in [0.3, 0.4) is 0 Å². The lowest BCUT2D eigenvalue weighted by Gasteiger charge is -2.07. The van der Waals surface area contributed by atoms with E-state index in [1.165, 1.54) is 5.43 Å². The van der Waals surface area contributed by atoms with Gasteiger partial charge in [0.2, 0.25) is 0 Å². The second kappa shape index (κ2) is 8.33. The van der Waals surface area contributed by atoms with Gasteiger partial charge < -0.3 is 14.0 Å². The number of hydrogen-bond acceptors (Lipinski definition) is 6. The molecule has 0 saturated heterocycles. The summed E-state index contributed by atoms with van der Waals surface area (Å²) in [5.41, 5.74) is 2.90. The largest absolute Gasteiger partial charge is 0.493 e. The van der Waals surface area contributed by atoms with Gasteiger partial charge in [-0.25, -0.2) is 5.41 Å². The highest BCUT2D eigenvalue weighted by molar-refractivity contribution is 7.93. The molecule has 4 N–H and O–H groups in total. The molecular formula is C16H18N3O3S+. The van der Waals surface area contributed by atoms with Gasteiger partial charge in [-0.1, -0.05) is 17.2 Å². The first-order valence-electron chi connectivity index (χ1n) is 6.77. The van der Waals surface area contributed by atoms with Gasteiger partial charge in [0.05, 0.1) is 30.9 Å². The maximum Gasteiger partial charge on any atom is 0.252 e. The molecular weight excluding hydrogens is 314 g/mol. The van der Waals surface area contributed by atoms with Crippen molar-refractivity contribution in [2.75, 3.05) is 14.2 Å². The summed E-state index contributed by atoms with van der Waals surface area (Å²) in [4.78, 5) is 0.620.